The van der Waals surface area contributed by atoms with Gasteiger partial charge in [-0.3, -0.25) is 4.90 Å². The van der Waals surface area contributed by atoms with Crippen molar-refractivity contribution in [2.75, 3.05) is 32.8 Å². The monoisotopic (exact) mass is 270 g/mol. The molecule has 2 fully saturated rings. The molecule has 2 saturated heterocycles. The van der Waals surface area contributed by atoms with Crippen molar-refractivity contribution in [1.82, 2.24) is 10.2 Å². The van der Waals surface area contributed by atoms with E-state index in [1.165, 1.54) is 0 Å². The Balaban J connectivity index is 1.73. The zero-order valence-corrected chi connectivity index (χ0v) is 12.9. The molecule has 1 N–H and O–H groups in total. The minimum atomic E-state index is 0.0211. The molecule has 0 aromatic carbocycles. The maximum atomic E-state index is 5.87. The molecule has 2 aliphatic rings. The van der Waals surface area contributed by atoms with Gasteiger partial charge in [-0.05, 0) is 40.5 Å². The van der Waals surface area contributed by atoms with Gasteiger partial charge in [-0.2, -0.15) is 0 Å². The van der Waals surface area contributed by atoms with Gasteiger partial charge in [-0.1, -0.05) is 0 Å². The Morgan fingerprint density at radius 1 is 1.32 bits per heavy atom. The van der Waals surface area contributed by atoms with E-state index >= 15 is 0 Å². The molecular weight excluding hydrogens is 240 g/mol. The Hall–Kier alpha value is -0.160. The van der Waals surface area contributed by atoms with E-state index in [1.54, 1.807) is 0 Å². The highest BCUT2D eigenvalue weighted by Gasteiger charge is 2.29. The summed E-state index contributed by atoms with van der Waals surface area (Å²) in [6.45, 7) is 13.7. The van der Waals surface area contributed by atoms with Crippen molar-refractivity contribution < 1.29 is 9.47 Å². The molecule has 0 spiro atoms. The number of hydrogen-bond donors (Lipinski definition) is 1. The van der Waals surface area contributed by atoms with Crippen LogP contribution in [0, 0.1) is 0 Å². The van der Waals surface area contributed by atoms with Gasteiger partial charge < -0.3 is 14.8 Å². The van der Waals surface area contributed by atoms with Crippen LogP contribution >= 0.6 is 0 Å². The molecule has 112 valence electrons. The lowest BCUT2D eigenvalue weighted by Crippen LogP contribution is -2.52. The molecule has 4 nitrogen and oxygen atoms in total. The molecule has 2 unspecified atom stereocenters. The topological polar surface area (TPSA) is 33.7 Å². The molecule has 2 rings (SSSR count). The van der Waals surface area contributed by atoms with Crippen LogP contribution in [-0.2, 0) is 9.47 Å². The number of ether oxygens (including phenoxy) is 2. The summed E-state index contributed by atoms with van der Waals surface area (Å²) in [5.41, 5.74) is 0.0211. The summed E-state index contributed by atoms with van der Waals surface area (Å²) in [7, 11) is 0. The van der Waals surface area contributed by atoms with Crippen LogP contribution in [0.2, 0.25) is 0 Å². The first kappa shape index (κ1) is 15.2. The lowest BCUT2D eigenvalue weighted by atomic mass is 9.94. The van der Waals surface area contributed by atoms with Gasteiger partial charge >= 0.3 is 0 Å². The summed E-state index contributed by atoms with van der Waals surface area (Å²) in [5.74, 6) is 0. The Labute approximate surface area is 117 Å². The molecule has 2 aliphatic heterocycles. The van der Waals surface area contributed by atoms with Gasteiger partial charge in [-0.15, -0.1) is 0 Å². The summed E-state index contributed by atoms with van der Waals surface area (Å²) in [6.07, 6.45) is 2.54. The first-order chi connectivity index (χ1) is 8.96. The van der Waals surface area contributed by atoms with Crippen molar-refractivity contribution in [3.63, 3.8) is 0 Å². The highest BCUT2D eigenvalue weighted by Crippen LogP contribution is 2.24. The molecule has 19 heavy (non-hydrogen) atoms. The molecule has 0 aliphatic carbocycles. The van der Waals surface area contributed by atoms with Gasteiger partial charge in [0.15, 0.2) is 0 Å². The van der Waals surface area contributed by atoms with Crippen LogP contribution in [-0.4, -0.2) is 61.5 Å². The maximum Gasteiger partial charge on any atom is 0.0826 e. The third-order valence-electron chi connectivity index (χ3n) is 4.23. The number of nitrogens with one attached hydrogen (secondary N) is 1. The zero-order chi connectivity index (χ0) is 13.9. The van der Waals surface area contributed by atoms with E-state index in [4.69, 9.17) is 9.47 Å². The van der Waals surface area contributed by atoms with Crippen LogP contribution in [0.1, 0.15) is 40.5 Å². The van der Waals surface area contributed by atoms with E-state index in [0.29, 0.717) is 18.2 Å². The lowest BCUT2D eigenvalue weighted by molar-refractivity contribution is -0.0692. The number of hydrogen-bond acceptors (Lipinski definition) is 4. The summed E-state index contributed by atoms with van der Waals surface area (Å²) < 4.78 is 11.6. The third kappa shape index (κ3) is 4.71. The van der Waals surface area contributed by atoms with Gasteiger partial charge in [0.05, 0.1) is 18.3 Å². The lowest BCUT2D eigenvalue weighted by Gasteiger charge is -2.38. The van der Waals surface area contributed by atoms with E-state index in [-0.39, 0.29) is 5.60 Å². The number of nitrogens with zero attached hydrogens (tertiary/aromatic N) is 1. The summed E-state index contributed by atoms with van der Waals surface area (Å²) in [5, 5.41) is 3.67. The second-order valence-corrected chi connectivity index (χ2v) is 6.79. The fourth-order valence-electron chi connectivity index (χ4n) is 3.04. The molecule has 2 atom stereocenters. The number of rotatable bonds is 4. The van der Waals surface area contributed by atoms with Crippen LogP contribution in [0.3, 0.4) is 0 Å². The molecule has 0 saturated carbocycles. The second kappa shape index (κ2) is 6.53. The first-order valence-electron chi connectivity index (χ1n) is 7.69. The van der Waals surface area contributed by atoms with Crippen molar-refractivity contribution in [2.45, 2.75) is 64.3 Å². The fourth-order valence-corrected chi connectivity index (χ4v) is 3.04. The molecule has 0 aromatic rings. The highest BCUT2D eigenvalue weighted by atomic mass is 16.5. The van der Waals surface area contributed by atoms with Crippen LogP contribution in [0.5, 0.6) is 0 Å². The normalized spacial score (nSPS) is 32.7. The first-order valence-corrected chi connectivity index (χ1v) is 7.69. The van der Waals surface area contributed by atoms with Crippen molar-refractivity contribution >= 4 is 0 Å². The molecule has 4 heteroatoms. The van der Waals surface area contributed by atoms with Gasteiger partial charge in [0.25, 0.3) is 0 Å². The fraction of sp³-hybridized carbons (Fsp3) is 1.00. The molecule has 0 radical (unpaired) electrons. The van der Waals surface area contributed by atoms with Crippen molar-refractivity contribution in [3.8, 4) is 0 Å². The molecule has 2 heterocycles. The molecular formula is C15H30N2O2. The average Bonchev–Trinajstić information content (AvgIpc) is 2.35. The van der Waals surface area contributed by atoms with E-state index in [9.17, 15) is 0 Å². The average molecular weight is 270 g/mol. The van der Waals surface area contributed by atoms with E-state index in [1.807, 2.05) is 0 Å². The van der Waals surface area contributed by atoms with E-state index in [0.717, 1.165) is 45.7 Å². The van der Waals surface area contributed by atoms with Crippen LogP contribution < -0.4 is 5.32 Å². The minimum absolute atomic E-state index is 0.0211. The van der Waals surface area contributed by atoms with Gasteiger partial charge in [0.2, 0.25) is 0 Å². The van der Waals surface area contributed by atoms with Crippen LogP contribution in [0.4, 0.5) is 0 Å². The Kier molecular flexibility index (Phi) is 5.23. The maximum absolute atomic E-state index is 5.87. The zero-order valence-electron chi connectivity index (χ0n) is 12.9. The van der Waals surface area contributed by atoms with Crippen molar-refractivity contribution in [3.05, 3.63) is 0 Å². The van der Waals surface area contributed by atoms with Crippen LogP contribution in [0.25, 0.3) is 0 Å². The smallest absolute Gasteiger partial charge is 0.0826 e. The summed E-state index contributed by atoms with van der Waals surface area (Å²) >= 11 is 0. The standard InChI is InChI=1S/C15H30N2O2/c1-12(2)17-6-8-18-14(11-17)10-16-13-5-7-19-15(3,4)9-13/h12-14,16H,5-11H2,1-4H3. The molecule has 0 amide bonds. The highest BCUT2D eigenvalue weighted by molar-refractivity contribution is 4.84. The predicted molar refractivity (Wildman–Crippen MR) is 77.5 cm³/mol. The van der Waals surface area contributed by atoms with Crippen LogP contribution in [0.15, 0.2) is 0 Å². The minimum Gasteiger partial charge on any atom is -0.375 e. The Morgan fingerprint density at radius 2 is 2.11 bits per heavy atom. The predicted octanol–water partition coefficient (Wildman–Crippen LogP) is 1.64. The van der Waals surface area contributed by atoms with Gasteiger partial charge in [0, 0.05) is 38.3 Å². The SMILES string of the molecule is CC(C)N1CCOC(CNC2CCOC(C)(C)C2)C1. The molecule has 0 aromatic heterocycles. The number of morpholine rings is 1. The second-order valence-electron chi connectivity index (χ2n) is 6.79. The largest absolute Gasteiger partial charge is 0.375 e. The van der Waals surface area contributed by atoms with Gasteiger partial charge in [-0.25, -0.2) is 0 Å². The third-order valence-corrected chi connectivity index (χ3v) is 4.23. The van der Waals surface area contributed by atoms with E-state index < -0.39 is 0 Å². The van der Waals surface area contributed by atoms with Crippen molar-refractivity contribution in [1.29, 1.82) is 0 Å². The van der Waals surface area contributed by atoms with Gasteiger partial charge in [0.1, 0.15) is 0 Å². The Bertz CT molecular complexity index is 281. The van der Waals surface area contributed by atoms with E-state index in [2.05, 4.69) is 37.9 Å². The summed E-state index contributed by atoms with van der Waals surface area (Å²) in [4.78, 5) is 2.50. The quantitative estimate of drug-likeness (QED) is 0.842. The summed E-state index contributed by atoms with van der Waals surface area (Å²) in [6, 6.07) is 1.19. The van der Waals surface area contributed by atoms with Crippen molar-refractivity contribution in [2.24, 2.45) is 0 Å². The molecule has 0 bridgehead atoms. The Morgan fingerprint density at radius 3 is 2.79 bits per heavy atom.